The number of hydrogen-bond acceptors (Lipinski definition) is 9. The van der Waals surface area contributed by atoms with Crippen LogP contribution in [0.25, 0.3) is 5.95 Å². The molecule has 12 heteroatoms. The molecule has 12 nitrogen and oxygen atoms in total. The lowest BCUT2D eigenvalue weighted by Crippen LogP contribution is -2.69. The number of anilines is 1. The van der Waals surface area contributed by atoms with Gasteiger partial charge in [0.2, 0.25) is 17.8 Å². The third kappa shape index (κ3) is 6.27. The minimum absolute atomic E-state index is 0.0540. The number of imidazole rings is 1. The average molecular weight is 563 g/mol. The molecule has 0 bridgehead atoms. The monoisotopic (exact) mass is 562 g/mol. The molecule has 2 amide bonds. The van der Waals surface area contributed by atoms with E-state index in [9.17, 15) is 9.59 Å². The van der Waals surface area contributed by atoms with E-state index in [1.807, 2.05) is 36.1 Å². The minimum atomic E-state index is -1.20. The van der Waals surface area contributed by atoms with Gasteiger partial charge in [0.15, 0.2) is 11.5 Å². The molecule has 0 radical (unpaired) electrons. The maximum atomic E-state index is 13.9. The van der Waals surface area contributed by atoms with E-state index >= 15 is 0 Å². The highest BCUT2D eigenvalue weighted by molar-refractivity contribution is 5.95. The first-order valence-electron chi connectivity index (χ1n) is 14.2. The molecule has 1 aromatic carbocycles. The topological polar surface area (TPSA) is 136 Å². The fourth-order valence-corrected chi connectivity index (χ4v) is 5.07. The molecule has 3 N–H and O–H groups in total. The van der Waals surface area contributed by atoms with Crippen LogP contribution in [0, 0.1) is 0 Å². The number of nitrogens with zero attached hydrogens (tertiary/aromatic N) is 5. The molecule has 1 unspecified atom stereocenters. The number of carbonyl (C=O) groups excluding carboxylic acids is 2. The summed E-state index contributed by atoms with van der Waals surface area (Å²) in [6.07, 6.45) is 5.83. The average Bonchev–Trinajstić information content (AvgIpc) is 3.54. The minimum Gasteiger partial charge on any atom is -0.486 e. The zero-order valence-electron chi connectivity index (χ0n) is 23.9. The Morgan fingerprint density at radius 3 is 2.71 bits per heavy atom. The summed E-state index contributed by atoms with van der Waals surface area (Å²) in [5.41, 5.74) is 0.523. The lowest BCUT2D eigenvalue weighted by atomic mass is 9.88. The van der Waals surface area contributed by atoms with E-state index in [0.29, 0.717) is 69.2 Å². The predicted octanol–water partition coefficient (Wildman–Crippen LogP) is 1.94. The Morgan fingerprint density at radius 2 is 1.95 bits per heavy atom. The molecule has 0 saturated carbocycles. The van der Waals surface area contributed by atoms with Crippen LogP contribution >= 0.6 is 0 Å². The number of benzene rings is 1. The molecule has 1 saturated heterocycles. The number of nitrogens with one attached hydrogen (secondary N) is 3. The third-order valence-electron chi connectivity index (χ3n) is 7.28. The maximum Gasteiger partial charge on any atom is 0.247 e. The summed E-state index contributed by atoms with van der Waals surface area (Å²) in [5.74, 6) is 2.10. The molecule has 4 heterocycles. The Balaban J connectivity index is 1.44. The molecule has 1 atom stereocenters. The van der Waals surface area contributed by atoms with Gasteiger partial charge in [0.05, 0.1) is 12.1 Å². The Labute approximate surface area is 239 Å². The third-order valence-corrected chi connectivity index (χ3v) is 7.28. The van der Waals surface area contributed by atoms with Crippen molar-refractivity contribution in [3.63, 3.8) is 0 Å². The number of fused-ring (bicyclic) bond motifs is 1. The lowest BCUT2D eigenvalue weighted by Gasteiger charge is -2.46. The second kappa shape index (κ2) is 12.5. The molecule has 2 aliphatic rings. The van der Waals surface area contributed by atoms with Gasteiger partial charge in [0, 0.05) is 51.2 Å². The summed E-state index contributed by atoms with van der Waals surface area (Å²) in [4.78, 5) is 43.1. The van der Waals surface area contributed by atoms with E-state index in [1.54, 1.807) is 23.3 Å². The highest BCUT2D eigenvalue weighted by atomic mass is 16.6. The van der Waals surface area contributed by atoms with Crippen molar-refractivity contribution in [2.24, 2.45) is 0 Å². The summed E-state index contributed by atoms with van der Waals surface area (Å²) < 4.78 is 13.0. The van der Waals surface area contributed by atoms with Crippen LogP contribution in [0.15, 0.2) is 43.0 Å². The molecule has 41 heavy (non-hydrogen) atoms. The van der Waals surface area contributed by atoms with Crippen molar-refractivity contribution in [2.45, 2.75) is 51.6 Å². The second-order valence-corrected chi connectivity index (χ2v) is 10.6. The van der Waals surface area contributed by atoms with Gasteiger partial charge in [-0.3, -0.25) is 14.2 Å². The van der Waals surface area contributed by atoms with Gasteiger partial charge in [0.25, 0.3) is 0 Å². The fourth-order valence-electron chi connectivity index (χ4n) is 5.07. The van der Waals surface area contributed by atoms with Gasteiger partial charge in [-0.15, -0.1) is 0 Å². The van der Waals surface area contributed by atoms with Crippen molar-refractivity contribution in [3.8, 4) is 17.4 Å². The van der Waals surface area contributed by atoms with Crippen LogP contribution in [0.5, 0.6) is 11.5 Å². The summed E-state index contributed by atoms with van der Waals surface area (Å²) in [5, 5.41) is 9.41. The van der Waals surface area contributed by atoms with Crippen molar-refractivity contribution in [2.75, 3.05) is 44.3 Å². The molecule has 218 valence electrons. The molecule has 0 aliphatic carbocycles. The van der Waals surface area contributed by atoms with Crippen LogP contribution in [-0.2, 0) is 16.1 Å². The van der Waals surface area contributed by atoms with E-state index in [0.717, 1.165) is 17.7 Å². The van der Waals surface area contributed by atoms with Gasteiger partial charge >= 0.3 is 0 Å². The van der Waals surface area contributed by atoms with Gasteiger partial charge in [-0.05, 0) is 30.0 Å². The molecule has 0 spiro atoms. The first-order valence-corrected chi connectivity index (χ1v) is 14.2. The molecule has 2 aliphatic heterocycles. The SMILES string of the molecule is CCCNC(=O)C1(CC(=O)NCc2ccc3c(c2)OCCO3)CNCCN1c1cc(C(C)C)nc(-n2ccnc2)n1. The smallest absolute Gasteiger partial charge is 0.247 e. The van der Waals surface area contributed by atoms with Gasteiger partial charge in [-0.1, -0.05) is 26.8 Å². The molecular formula is C29H38N8O4. The van der Waals surface area contributed by atoms with Crippen LogP contribution in [0.1, 0.15) is 50.8 Å². The molecule has 2 aromatic heterocycles. The normalized spacial score (nSPS) is 18.3. The maximum absolute atomic E-state index is 13.9. The molecular weight excluding hydrogens is 524 g/mol. The highest BCUT2D eigenvalue weighted by Crippen LogP contribution is 2.32. The first kappa shape index (κ1) is 28.3. The quantitative estimate of drug-likeness (QED) is 0.339. The fraction of sp³-hybridized carbons (Fsp3) is 0.483. The van der Waals surface area contributed by atoms with Crippen LogP contribution in [-0.4, -0.2) is 76.3 Å². The van der Waals surface area contributed by atoms with E-state index in [4.69, 9.17) is 19.4 Å². The Kier molecular flexibility index (Phi) is 8.67. The van der Waals surface area contributed by atoms with E-state index in [-0.39, 0.29) is 24.2 Å². The first-order chi connectivity index (χ1) is 19.9. The summed E-state index contributed by atoms with van der Waals surface area (Å²) in [6.45, 7) is 9.37. The Hall–Kier alpha value is -4.19. The van der Waals surface area contributed by atoms with Crippen LogP contribution in [0.3, 0.4) is 0 Å². The van der Waals surface area contributed by atoms with Gasteiger partial charge < -0.3 is 30.3 Å². The lowest BCUT2D eigenvalue weighted by molar-refractivity contribution is -0.132. The van der Waals surface area contributed by atoms with Crippen molar-refractivity contribution in [3.05, 3.63) is 54.2 Å². The number of aromatic nitrogens is 4. The number of ether oxygens (including phenoxy) is 2. The standard InChI is InChI=1S/C29H38N8O4/c1-4-7-32-27(39)29(16-26(38)33-17-21-5-6-23-24(14-21)41-13-12-40-23)18-30-9-11-37(29)25-15-22(20(2)3)34-28(35-25)36-10-8-31-19-36/h5-6,8,10,14-15,19-20,30H,4,7,9,11-13,16-18H2,1-3H3,(H,32,39)(H,33,38). The molecule has 1 fully saturated rings. The van der Waals surface area contributed by atoms with E-state index < -0.39 is 5.54 Å². The predicted molar refractivity (Wildman–Crippen MR) is 153 cm³/mol. The van der Waals surface area contributed by atoms with Gasteiger partial charge in [-0.25, -0.2) is 9.97 Å². The summed E-state index contributed by atoms with van der Waals surface area (Å²) >= 11 is 0. The highest BCUT2D eigenvalue weighted by Gasteiger charge is 2.48. The largest absolute Gasteiger partial charge is 0.486 e. The van der Waals surface area contributed by atoms with Crippen LogP contribution in [0.4, 0.5) is 5.82 Å². The number of carbonyl (C=O) groups is 2. The Bertz CT molecular complexity index is 1360. The zero-order chi connectivity index (χ0) is 28.8. The number of hydrogen-bond donors (Lipinski definition) is 3. The van der Waals surface area contributed by atoms with E-state index in [1.165, 1.54) is 0 Å². The summed E-state index contributed by atoms with van der Waals surface area (Å²) in [7, 11) is 0. The number of amides is 2. The Morgan fingerprint density at radius 1 is 1.12 bits per heavy atom. The van der Waals surface area contributed by atoms with Gasteiger partial charge in [-0.2, -0.15) is 4.98 Å². The van der Waals surface area contributed by atoms with Crippen molar-refractivity contribution >= 4 is 17.6 Å². The number of piperazine rings is 1. The second-order valence-electron chi connectivity index (χ2n) is 10.6. The molecule has 3 aromatic rings. The van der Waals surface area contributed by atoms with Crippen molar-refractivity contribution < 1.29 is 19.1 Å². The molecule has 5 rings (SSSR count). The van der Waals surface area contributed by atoms with Crippen molar-refractivity contribution in [1.82, 2.24) is 35.5 Å². The van der Waals surface area contributed by atoms with Crippen molar-refractivity contribution in [1.29, 1.82) is 0 Å². The summed E-state index contributed by atoms with van der Waals surface area (Å²) in [6, 6.07) is 7.55. The van der Waals surface area contributed by atoms with E-state index in [2.05, 4.69) is 34.8 Å². The van der Waals surface area contributed by atoms with Crippen LogP contribution in [0.2, 0.25) is 0 Å². The van der Waals surface area contributed by atoms with Crippen LogP contribution < -0.4 is 30.3 Å². The zero-order valence-corrected chi connectivity index (χ0v) is 23.9. The van der Waals surface area contributed by atoms with Gasteiger partial charge in [0.1, 0.15) is 30.9 Å². The number of rotatable bonds is 10.